The summed E-state index contributed by atoms with van der Waals surface area (Å²) in [5, 5.41) is 3.17. The van der Waals surface area contributed by atoms with Gasteiger partial charge in [-0.3, -0.25) is 0 Å². The zero-order valence-electron chi connectivity index (χ0n) is 8.54. The van der Waals surface area contributed by atoms with E-state index in [-0.39, 0.29) is 0 Å². The van der Waals surface area contributed by atoms with Crippen molar-refractivity contribution in [3.8, 4) is 11.5 Å². The number of hydrogen-bond acceptors (Lipinski definition) is 3. The lowest BCUT2D eigenvalue weighted by atomic mass is 10.2. The lowest BCUT2D eigenvalue weighted by Crippen LogP contribution is -2.50. The first-order valence-electron chi connectivity index (χ1n) is 4.81. The number of aryl methyl sites for hydroxylation is 1. The molecule has 0 radical (unpaired) electrons. The lowest BCUT2D eigenvalue weighted by molar-refractivity contribution is 0.142. The van der Waals surface area contributed by atoms with Crippen molar-refractivity contribution in [3.63, 3.8) is 0 Å². The molecule has 1 aromatic carbocycles. The van der Waals surface area contributed by atoms with Crippen LogP contribution in [0.2, 0.25) is 0 Å². The Morgan fingerprint density at radius 2 is 2.14 bits per heavy atom. The third kappa shape index (κ3) is 1.82. The summed E-state index contributed by atoms with van der Waals surface area (Å²) in [5.74, 6) is 1.83. The molecule has 0 amide bonds. The quantitative estimate of drug-likeness (QED) is 0.786. The Balaban J connectivity index is 2.07. The second kappa shape index (κ2) is 3.88. The summed E-state index contributed by atoms with van der Waals surface area (Å²) >= 11 is 0. The molecule has 1 heterocycles. The van der Waals surface area contributed by atoms with E-state index in [1.54, 1.807) is 7.11 Å². The molecule has 76 valence electrons. The summed E-state index contributed by atoms with van der Waals surface area (Å²) in [6.45, 7) is 3.92. The Labute approximate surface area is 84.0 Å². The molecule has 0 bridgehead atoms. The molecule has 3 heteroatoms. The molecular formula is C11H15NO2. The predicted molar refractivity (Wildman–Crippen MR) is 55.0 cm³/mol. The van der Waals surface area contributed by atoms with E-state index in [9.17, 15) is 0 Å². The minimum absolute atomic E-state index is 0.336. The second-order valence-electron chi connectivity index (χ2n) is 3.53. The fourth-order valence-electron chi connectivity index (χ4n) is 1.46. The van der Waals surface area contributed by atoms with E-state index < -0.39 is 0 Å². The van der Waals surface area contributed by atoms with Crippen LogP contribution in [0.25, 0.3) is 0 Å². The molecule has 3 nitrogen and oxygen atoms in total. The van der Waals surface area contributed by atoms with Crippen molar-refractivity contribution in [2.45, 2.75) is 13.0 Å². The van der Waals surface area contributed by atoms with Gasteiger partial charge in [0.1, 0.15) is 17.6 Å². The van der Waals surface area contributed by atoms with Gasteiger partial charge >= 0.3 is 0 Å². The number of methoxy groups -OCH3 is 1. The van der Waals surface area contributed by atoms with Crippen LogP contribution in [0.5, 0.6) is 11.5 Å². The smallest absolute Gasteiger partial charge is 0.123 e. The molecule has 1 aromatic rings. The van der Waals surface area contributed by atoms with E-state index in [1.165, 1.54) is 0 Å². The van der Waals surface area contributed by atoms with Crippen LogP contribution in [0.4, 0.5) is 0 Å². The molecule has 1 saturated heterocycles. The maximum Gasteiger partial charge on any atom is 0.123 e. The van der Waals surface area contributed by atoms with E-state index in [0.29, 0.717) is 6.10 Å². The monoisotopic (exact) mass is 193 g/mol. The minimum atomic E-state index is 0.336. The molecule has 0 spiro atoms. The van der Waals surface area contributed by atoms with Crippen LogP contribution in [0.1, 0.15) is 5.56 Å². The largest absolute Gasteiger partial charge is 0.496 e. The van der Waals surface area contributed by atoms with Crippen molar-refractivity contribution in [2.24, 2.45) is 0 Å². The number of rotatable bonds is 3. The van der Waals surface area contributed by atoms with Crippen LogP contribution >= 0.6 is 0 Å². The molecule has 2 rings (SSSR count). The van der Waals surface area contributed by atoms with Gasteiger partial charge in [0.25, 0.3) is 0 Å². The van der Waals surface area contributed by atoms with Crippen molar-refractivity contribution in [2.75, 3.05) is 20.2 Å². The normalized spacial score (nSPS) is 16.1. The summed E-state index contributed by atoms with van der Waals surface area (Å²) in [4.78, 5) is 0. The van der Waals surface area contributed by atoms with Gasteiger partial charge < -0.3 is 14.8 Å². The van der Waals surface area contributed by atoms with Crippen LogP contribution in [0.3, 0.4) is 0 Å². The van der Waals surface area contributed by atoms with Gasteiger partial charge in [-0.2, -0.15) is 0 Å². The van der Waals surface area contributed by atoms with Crippen molar-refractivity contribution >= 4 is 0 Å². The van der Waals surface area contributed by atoms with Crippen molar-refractivity contribution in [1.29, 1.82) is 0 Å². The molecule has 0 aliphatic carbocycles. The molecule has 0 unspecified atom stereocenters. The average molecular weight is 193 g/mol. The van der Waals surface area contributed by atoms with Gasteiger partial charge in [-0.05, 0) is 30.7 Å². The molecule has 14 heavy (non-hydrogen) atoms. The topological polar surface area (TPSA) is 30.5 Å². The fourth-order valence-corrected chi connectivity index (χ4v) is 1.46. The zero-order valence-corrected chi connectivity index (χ0v) is 8.54. The number of benzene rings is 1. The van der Waals surface area contributed by atoms with Gasteiger partial charge in [0.05, 0.1) is 7.11 Å². The lowest BCUT2D eigenvalue weighted by Gasteiger charge is -2.28. The summed E-state index contributed by atoms with van der Waals surface area (Å²) in [6.07, 6.45) is 0.336. The first-order valence-corrected chi connectivity index (χ1v) is 4.81. The van der Waals surface area contributed by atoms with Gasteiger partial charge in [-0.15, -0.1) is 0 Å². The van der Waals surface area contributed by atoms with E-state index in [0.717, 1.165) is 30.2 Å². The molecule has 1 aliphatic rings. The number of hydrogen-bond donors (Lipinski definition) is 1. The highest BCUT2D eigenvalue weighted by atomic mass is 16.5. The SMILES string of the molecule is COc1ccc(OC2CNC2)cc1C. The Hall–Kier alpha value is -1.22. The first-order chi connectivity index (χ1) is 6.79. The van der Waals surface area contributed by atoms with Crippen molar-refractivity contribution in [3.05, 3.63) is 23.8 Å². The highest BCUT2D eigenvalue weighted by Gasteiger charge is 2.18. The maximum atomic E-state index is 5.71. The Bertz CT molecular complexity index is 321. The van der Waals surface area contributed by atoms with Crippen molar-refractivity contribution < 1.29 is 9.47 Å². The van der Waals surface area contributed by atoms with Gasteiger partial charge in [0.2, 0.25) is 0 Å². The Morgan fingerprint density at radius 1 is 1.36 bits per heavy atom. The molecule has 1 fully saturated rings. The number of nitrogens with one attached hydrogen (secondary N) is 1. The zero-order chi connectivity index (χ0) is 9.97. The Morgan fingerprint density at radius 3 is 2.64 bits per heavy atom. The van der Waals surface area contributed by atoms with Crippen LogP contribution in [-0.2, 0) is 0 Å². The van der Waals surface area contributed by atoms with E-state index in [4.69, 9.17) is 9.47 Å². The summed E-state index contributed by atoms with van der Waals surface area (Å²) in [5.41, 5.74) is 1.11. The van der Waals surface area contributed by atoms with Gasteiger partial charge in [0.15, 0.2) is 0 Å². The van der Waals surface area contributed by atoms with E-state index >= 15 is 0 Å². The highest BCUT2D eigenvalue weighted by Crippen LogP contribution is 2.23. The second-order valence-corrected chi connectivity index (χ2v) is 3.53. The van der Waals surface area contributed by atoms with Crippen LogP contribution in [-0.4, -0.2) is 26.3 Å². The molecule has 0 atom stereocenters. The Kier molecular flexibility index (Phi) is 2.59. The maximum absolute atomic E-state index is 5.71. The van der Waals surface area contributed by atoms with Crippen LogP contribution in [0.15, 0.2) is 18.2 Å². The van der Waals surface area contributed by atoms with Gasteiger partial charge in [-0.1, -0.05) is 0 Å². The van der Waals surface area contributed by atoms with E-state index in [1.807, 2.05) is 25.1 Å². The molecule has 1 N–H and O–H groups in total. The first kappa shape index (κ1) is 9.34. The predicted octanol–water partition coefficient (Wildman–Crippen LogP) is 1.35. The summed E-state index contributed by atoms with van der Waals surface area (Å²) in [7, 11) is 1.68. The van der Waals surface area contributed by atoms with Gasteiger partial charge in [-0.25, -0.2) is 0 Å². The van der Waals surface area contributed by atoms with Crippen LogP contribution in [0, 0.1) is 6.92 Å². The van der Waals surface area contributed by atoms with Crippen LogP contribution < -0.4 is 14.8 Å². The number of ether oxygens (including phenoxy) is 2. The van der Waals surface area contributed by atoms with Crippen molar-refractivity contribution in [1.82, 2.24) is 5.32 Å². The molecule has 0 saturated carbocycles. The minimum Gasteiger partial charge on any atom is -0.496 e. The average Bonchev–Trinajstić information content (AvgIpc) is 2.12. The summed E-state index contributed by atoms with van der Waals surface area (Å²) in [6, 6.07) is 5.90. The van der Waals surface area contributed by atoms with Gasteiger partial charge in [0, 0.05) is 13.1 Å². The fraction of sp³-hybridized carbons (Fsp3) is 0.455. The highest BCUT2D eigenvalue weighted by molar-refractivity contribution is 5.39. The third-order valence-corrected chi connectivity index (χ3v) is 2.41. The molecular weight excluding hydrogens is 178 g/mol. The molecule has 1 aliphatic heterocycles. The molecule has 0 aromatic heterocycles. The third-order valence-electron chi connectivity index (χ3n) is 2.41. The summed E-state index contributed by atoms with van der Waals surface area (Å²) < 4.78 is 10.9. The standard InChI is InChI=1S/C11H15NO2/c1-8-5-9(3-4-11(8)13-2)14-10-6-12-7-10/h3-5,10,12H,6-7H2,1-2H3. The van der Waals surface area contributed by atoms with E-state index in [2.05, 4.69) is 5.32 Å².